The van der Waals surface area contributed by atoms with Crippen molar-refractivity contribution in [2.24, 2.45) is 0 Å². The van der Waals surface area contributed by atoms with Crippen molar-refractivity contribution in [1.29, 1.82) is 0 Å². The van der Waals surface area contributed by atoms with Crippen molar-refractivity contribution >= 4 is 11.7 Å². The Morgan fingerprint density at radius 2 is 1.95 bits per heavy atom. The van der Waals surface area contributed by atoms with Crippen LogP contribution in [0.25, 0.3) is 0 Å². The molecule has 0 amide bonds. The summed E-state index contributed by atoms with van der Waals surface area (Å²) < 4.78 is 31.6. The fourth-order valence-electron chi connectivity index (χ4n) is 1.82. The van der Waals surface area contributed by atoms with Crippen LogP contribution in [0.15, 0.2) is 36.4 Å². The number of rotatable bonds is 5. The van der Waals surface area contributed by atoms with Crippen LogP contribution in [0.3, 0.4) is 0 Å². The Balaban J connectivity index is 2.11. The molecule has 6 heteroatoms. The molecule has 0 spiro atoms. The van der Waals surface area contributed by atoms with Gasteiger partial charge in [0.05, 0.1) is 12.7 Å². The normalized spacial score (nSPS) is 10.2. The molecule has 0 aliphatic heterocycles. The van der Waals surface area contributed by atoms with E-state index in [9.17, 15) is 13.6 Å². The summed E-state index contributed by atoms with van der Waals surface area (Å²) in [6.45, 7) is 0.269. The van der Waals surface area contributed by atoms with E-state index >= 15 is 0 Å². The van der Waals surface area contributed by atoms with Crippen LogP contribution in [-0.2, 0) is 6.54 Å². The van der Waals surface area contributed by atoms with Gasteiger partial charge in [-0.1, -0.05) is 6.07 Å². The van der Waals surface area contributed by atoms with E-state index in [1.54, 1.807) is 6.07 Å². The van der Waals surface area contributed by atoms with Gasteiger partial charge in [-0.3, -0.25) is 0 Å². The molecule has 0 atom stereocenters. The minimum Gasteiger partial charge on any atom is -0.494 e. The maximum absolute atomic E-state index is 13.5. The van der Waals surface area contributed by atoms with Crippen LogP contribution in [0, 0.1) is 11.6 Å². The fourth-order valence-corrected chi connectivity index (χ4v) is 1.82. The van der Waals surface area contributed by atoms with Gasteiger partial charge in [0, 0.05) is 12.2 Å². The molecule has 0 saturated heterocycles. The van der Waals surface area contributed by atoms with Gasteiger partial charge in [0.2, 0.25) is 0 Å². The van der Waals surface area contributed by atoms with Gasteiger partial charge < -0.3 is 15.2 Å². The number of carboxylic acid groups (broad SMARTS) is 1. The van der Waals surface area contributed by atoms with Gasteiger partial charge in [-0.15, -0.1) is 0 Å². The lowest BCUT2D eigenvalue weighted by atomic mass is 10.1. The predicted octanol–water partition coefficient (Wildman–Crippen LogP) is 3.28. The van der Waals surface area contributed by atoms with Crippen molar-refractivity contribution < 1.29 is 23.4 Å². The fraction of sp³-hybridized carbons (Fsp3) is 0.133. The van der Waals surface area contributed by atoms with E-state index < -0.39 is 23.2 Å². The molecule has 0 heterocycles. The van der Waals surface area contributed by atoms with Gasteiger partial charge in [-0.05, 0) is 35.9 Å². The topological polar surface area (TPSA) is 58.6 Å². The molecular weight excluding hydrogens is 280 g/mol. The van der Waals surface area contributed by atoms with Crippen LogP contribution in [0.2, 0.25) is 0 Å². The summed E-state index contributed by atoms with van der Waals surface area (Å²) in [7, 11) is 1.38. The third-order valence-electron chi connectivity index (χ3n) is 2.91. The molecule has 110 valence electrons. The lowest BCUT2D eigenvalue weighted by Crippen LogP contribution is -2.04. The van der Waals surface area contributed by atoms with Crippen LogP contribution < -0.4 is 10.1 Å². The van der Waals surface area contributed by atoms with Gasteiger partial charge in [-0.25, -0.2) is 13.6 Å². The number of halogens is 2. The van der Waals surface area contributed by atoms with Crippen molar-refractivity contribution in [2.75, 3.05) is 12.4 Å². The smallest absolute Gasteiger partial charge is 0.338 e. The quantitative estimate of drug-likeness (QED) is 0.888. The van der Waals surface area contributed by atoms with Crippen molar-refractivity contribution in [2.45, 2.75) is 6.54 Å². The number of methoxy groups -OCH3 is 1. The van der Waals surface area contributed by atoms with E-state index in [2.05, 4.69) is 5.32 Å². The highest BCUT2D eigenvalue weighted by Crippen LogP contribution is 2.19. The maximum atomic E-state index is 13.5. The Morgan fingerprint density at radius 1 is 1.19 bits per heavy atom. The zero-order valence-electron chi connectivity index (χ0n) is 11.2. The lowest BCUT2D eigenvalue weighted by molar-refractivity contribution is 0.0692. The number of benzene rings is 2. The van der Waals surface area contributed by atoms with Crippen LogP contribution >= 0.6 is 0 Å². The molecule has 0 saturated carbocycles. The first-order valence-corrected chi connectivity index (χ1v) is 6.10. The number of carboxylic acids is 1. The molecule has 4 nitrogen and oxygen atoms in total. The van der Waals surface area contributed by atoms with Gasteiger partial charge in [0.25, 0.3) is 0 Å². The van der Waals surface area contributed by atoms with Gasteiger partial charge >= 0.3 is 5.97 Å². The molecule has 2 aromatic rings. The number of hydrogen-bond acceptors (Lipinski definition) is 3. The SMILES string of the molecule is COc1ccc(CNc2ccc(F)c(C(=O)O)c2)cc1F. The zero-order chi connectivity index (χ0) is 15.4. The number of hydrogen-bond donors (Lipinski definition) is 2. The molecule has 2 aromatic carbocycles. The van der Waals surface area contributed by atoms with Gasteiger partial charge in [0.1, 0.15) is 5.82 Å². The Labute approximate surface area is 120 Å². The van der Waals surface area contributed by atoms with Crippen molar-refractivity contribution in [3.8, 4) is 5.75 Å². The van der Waals surface area contributed by atoms with E-state index in [4.69, 9.17) is 9.84 Å². The first kappa shape index (κ1) is 14.8. The lowest BCUT2D eigenvalue weighted by Gasteiger charge is -2.09. The highest BCUT2D eigenvalue weighted by molar-refractivity contribution is 5.89. The molecule has 0 aliphatic carbocycles. The Morgan fingerprint density at radius 3 is 2.57 bits per heavy atom. The first-order valence-electron chi connectivity index (χ1n) is 6.10. The summed E-state index contributed by atoms with van der Waals surface area (Å²) in [4.78, 5) is 10.8. The van der Waals surface area contributed by atoms with Crippen molar-refractivity contribution in [3.63, 3.8) is 0 Å². The second kappa shape index (κ2) is 6.21. The molecule has 0 unspecified atom stereocenters. The molecule has 0 aromatic heterocycles. The monoisotopic (exact) mass is 293 g/mol. The van der Waals surface area contributed by atoms with Gasteiger partial charge in [-0.2, -0.15) is 0 Å². The van der Waals surface area contributed by atoms with E-state index in [-0.39, 0.29) is 12.3 Å². The zero-order valence-corrected chi connectivity index (χ0v) is 11.2. The Bertz CT molecular complexity index is 674. The van der Waals surface area contributed by atoms with E-state index in [0.29, 0.717) is 11.3 Å². The molecule has 21 heavy (non-hydrogen) atoms. The van der Waals surface area contributed by atoms with E-state index in [1.807, 2.05) is 0 Å². The predicted molar refractivity (Wildman–Crippen MR) is 73.6 cm³/mol. The minimum atomic E-state index is -1.34. The standard InChI is InChI=1S/C15H13F2NO3/c1-21-14-5-2-9(6-13(14)17)8-18-10-3-4-12(16)11(7-10)15(19)20/h2-7,18H,8H2,1H3,(H,19,20). The third-order valence-corrected chi connectivity index (χ3v) is 2.91. The Hall–Kier alpha value is -2.63. The highest BCUT2D eigenvalue weighted by Gasteiger charge is 2.10. The summed E-state index contributed by atoms with van der Waals surface area (Å²) >= 11 is 0. The first-order chi connectivity index (χ1) is 10.0. The molecule has 0 fully saturated rings. The summed E-state index contributed by atoms with van der Waals surface area (Å²) in [5.74, 6) is -2.48. The Kier molecular flexibility index (Phi) is 4.37. The average molecular weight is 293 g/mol. The van der Waals surface area contributed by atoms with E-state index in [0.717, 1.165) is 6.07 Å². The summed E-state index contributed by atoms with van der Waals surface area (Å²) in [5, 5.41) is 11.7. The average Bonchev–Trinajstić information content (AvgIpc) is 2.46. The molecule has 0 radical (unpaired) electrons. The minimum absolute atomic E-state index is 0.147. The molecule has 0 aliphatic rings. The molecule has 0 bridgehead atoms. The van der Waals surface area contributed by atoms with Crippen LogP contribution in [0.1, 0.15) is 15.9 Å². The number of anilines is 1. The highest BCUT2D eigenvalue weighted by atomic mass is 19.1. The van der Waals surface area contributed by atoms with E-state index in [1.165, 1.54) is 31.4 Å². The third kappa shape index (κ3) is 3.47. The molecule has 2 N–H and O–H groups in total. The summed E-state index contributed by atoms with van der Waals surface area (Å²) in [5.41, 5.74) is 0.667. The molecular formula is C15H13F2NO3. The van der Waals surface area contributed by atoms with Crippen LogP contribution in [0.4, 0.5) is 14.5 Å². The summed E-state index contributed by atoms with van der Waals surface area (Å²) in [6.07, 6.45) is 0. The van der Waals surface area contributed by atoms with Crippen molar-refractivity contribution in [1.82, 2.24) is 0 Å². The second-order valence-corrected chi connectivity index (χ2v) is 4.32. The largest absolute Gasteiger partial charge is 0.494 e. The van der Waals surface area contributed by atoms with Crippen LogP contribution in [0.5, 0.6) is 5.75 Å². The van der Waals surface area contributed by atoms with Crippen molar-refractivity contribution in [3.05, 3.63) is 59.2 Å². The number of ether oxygens (including phenoxy) is 1. The van der Waals surface area contributed by atoms with Crippen LogP contribution in [-0.4, -0.2) is 18.2 Å². The maximum Gasteiger partial charge on any atom is 0.338 e. The molecule has 2 rings (SSSR count). The number of nitrogens with one attached hydrogen (secondary N) is 1. The number of aromatic carboxylic acids is 1. The summed E-state index contributed by atoms with van der Waals surface area (Å²) in [6, 6.07) is 8.17. The van der Waals surface area contributed by atoms with Gasteiger partial charge in [0.15, 0.2) is 11.6 Å². The number of carbonyl (C=O) groups is 1. The second-order valence-electron chi connectivity index (χ2n) is 4.32.